The number of amides is 1. The number of thiophene rings is 1. The summed E-state index contributed by atoms with van der Waals surface area (Å²) in [4.78, 5) is 55.7. The molecule has 2 aromatic rings. The minimum atomic E-state index is -0.794. The second kappa shape index (κ2) is 9.16. The fourth-order valence-corrected chi connectivity index (χ4v) is 3.90. The Labute approximate surface area is 170 Å². The van der Waals surface area contributed by atoms with Crippen LogP contribution < -0.4 is 17.0 Å². The standard InChI is InChI=1S/C18H23N5O5S/c1-28-9-8-23-15(19)14(16(25)20-18(23)27)12(24)11-21-4-6-22(7-5-21)17(26)13-3-2-10-29-13/h2-3,10H,4-9,11,19H2,1H3,(H,20,25,27). The van der Waals surface area contributed by atoms with Crippen LogP contribution in [0.4, 0.5) is 5.82 Å². The van der Waals surface area contributed by atoms with Crippen LogP contribution in [-0.2, 0) is 11.3 Å². The van der Waals surface area contributed by atoms with E-state index in [1.165, 1.54) is 18.4 Å². The van der Waals surface area contributed by atoms with E-state index in [1.807, 2.05) is 16.3 Å². The van der Waals surface area contributed by atoms with Crippen LogP contribution in [0.15, 0.2) is 27.1 Å². The number of nitrogen functional groups attached to an aromatic ring is 1. The van der Waals surface area contributed by atoms with Crippen molar-refractivity contribution in [1.29, 1.82) is 0 Å². The van der Waals surface area contributed by atoms with E-state index in [9.17, 15) is 19.2 Å². The van der Waals surface area contributed by atoms with Gasteiger partial charge in [-0.25, -0.2) is 4.79 Å². The molecule has 0 unspecified atom stereocenters. The van der Waals surface area contributed by atoms with Crippen LogP contribution >= 0.6 is 11.3 Å². The van der Waals surface area contributed by atoms with E-state index >= 15 is 0 Å². The van der Waals surface area contributed by atoms with Gasteiger partial charge in [0.25, 0.3) is 11.5 Å². The average molecular weight is 421 g/mol. The zero-order chi connectivity index (χ0) is 21.0. The summed E-state index contributed by atoms with van der Waals surface area (Å²) < 4.78 is 6.05. The number of piperazine rings is 1. The number of carbonyl (C=O) groups excluding carboxylic acids is 2. The summed E-state index contributed by atoms with van der Waals surface area (Å²) in [6.45, 7) is 2.31. The van der Waals surface area contributed by atoms with Gasteiger partial charge in [-0.15, -0.1) is 11.3 Å². The zero-order valence-corrected chi connectivity index (χ0v) is 16.9. The summed E-state index contributed by atoms with van der Waals surface area (Å²) in [5, 5.41) is 1.86. The van der Waals surface area contributed by atoms with Crippen molar-refractivity contribution in [3.63, 3.8) is 0 Å². The molecule has 1 aliphatic heterocycles. The molecule has 0 atom stereocenters. The van der Waals surface area contributed by atoms with Gasteiger partial charge in [0.05, 0.1) is 24.6 Å². The molecular weight excluding hydrogens is 398 g/mol. The number of rotatable bonds is 7. The minimum absolute atomic E-state index is 0.0168. The lowest BCUT2D eigenvalue weighted by atomic mass is 10.1. The number of Topliss-reactive ketones (excluding diaryl/α,β-unsaturated/α-hetero) is 1. The molecular formula is C18H23N5O5S. The monoisotopic (exact) mass is 421 g/mol. The molecule has 0 spiro atoms. The van der Waals surface area contributed by atoms with Crippen LogP contribution in [-0.4, -0.2) is 77.5 Å². The number of nitrogens with zero attached hydrogens (tertiary/aromatic N) is 3. The Morgan fingerprint density at radius 3 is 2.59 bits per heavy atom. The van der Waals surface area contributed by atoms with Crippen molar-refractivity contribution < 1.29 is 14.3 Å². The number of hydrogen-bond acceptors (Lipinski definition) is 8. The highest BCUT2D eigenvalue weighted by Crippen LogP contribution is 2.14. The van der Waals surface area contributed by atoms with Crippen molar-refractivity contribution in [2.45, 2.75) is 6.54 Å². The quantitative estimate of drug-likeness (QED) is 0.575. The van der Waals surface area contributed by atoms with Crippen molar-refractivity contribution in [2.75, 3.05) is 52.2 Å². The molecule has 0 aliphatic carbocycles. The van der Waals surface area contributed by atoms with Gasteiger partial charge in [0, 0.05) is 33.3 Å². The van der Waals surface area contributed by atoms with Gasteiger partial charge in [0.1, 0.15) is 11.4 Å². The third-order valence-electron chi connectivity index (χ3n) is 4.80. The van der Waals surface area contributed by atoms with Crippen LogP contribution in [0.1, 0.15) is 20.0 Å². The number of anilines is 1. The normalized spacial score (nSPS) is 14.9. The van der Waals surface area contributed by atoms with Gasteiger partial charge in [-0.3, -0.25) is 28.8 Å². The van der Waals surface area contributed by atoms with Crippen molar-refractivity contribution in [1.82, 2.24) is 19.4 Å². The van der Waals surface area contributed by atoms with Crippen molar-refractivity contribution >= 4 is 28.8 Å². The van der Waals surface area contributed by atoms with Crippen molar-refractivity contribution in [3.8, 4) is 0 Å². The fraction of sp³-hybridized carbons (Fsp3) is 0.444. The van der Waals surface area contributed by atoms with E-state index in [2.05, 4.69) is 4.98 Å². The summed E-state index contributed by atoms with van der Waals surface area (Å²) in [7, 11) is 1.47. The number of nitrogens with one attached hydrogen (secondary N) is 1. The van der Waals surface area contributed by atoms with Gasteiger partial charge < -0.3 is 15.4 Å². The van der Waals surface area contributed by atoms with Crippen LogP contribution in [0, 0.1) is 0 Å². The van der Waals surface area contributed by atoms with Gasteiger partial charge in [0.15, 0.2) is 5.78 Å². The van der Waals surface area contributed by atoms with E-state index in [-0.39, 0.29) is 37.0 Å². The molecule has 11 heteroatoms. The summed E-state index contributed by atoms with van der Waals surface area (Å²) in [6.07, 6.45) is 0. The van der Waals surface area contributed by atoms with E-state index in [1.54, 1.807) is 11.0 Å². The predicted molar refractivity (Wildman–Crippen MR) is 109 cm³/mol. The number of ether oxygens (including phenoxy) is 1. The number of hydrogen-bond donors (Lipinski definition) is 2. The fourth-order valence-electron chi connectivity index (χ4n) is 3.21. The lowest BCUT2D eigenvalue weighted by molar-refractivity contribution is 0.0628. The summed E-state index contributed by atoms with van der Waals surface area (Å²) in [5.74, 6) is -0.642. The number of methoxy groups -OCH3 is 1. The minimum Gasteiger partial charge on any atom is -0.384 e. The second-order valence-electron chi connectivity index (χ2n) is 6.63. The molecule has 1 fully saturated rings. The first kappa shape index (κ1) is 21.0. The first-order valence-corrected chi connectivity index (χ1v) is 10.00. The number of nitrogens with two attached hydrogens (primary N) is 1. The first-order valence-electron chi connectivity index (χ1n) is 9.12. The predicted octanol–water partition coefficient (Wildman–Crippen LogP) is -0.533. The number of carbonyl (C=O) groups is 2. The molecule has 156 valence electrons. The van der Waals surface area contributed by atoms with Gasteiger partial charge >= 0.3 is 5.69 Å². The first-order chi connectivity index (χ1) is 13.9. The number of aromatic nitrogens is 2. The van der Waals surface area contributed by atoms with Crippen LogP contribution in [0.5, 0.6) is 0 Å². The number of aromatic amines is 1. The molecule has 0 radical (unpaired) electrons. The molecule has 3 rings (SSSR count). The highest BCUT2D eigenvalue weighted by atomic mass is 32.1. The van der Waals surface area contributed by atoms with Gasteiger partial charge in [-0.2, -0.15) is 0 Å². The zero-order valence-electron chi connectivity index (χ0n) is 16.1. The Kier molecular flexibility index (Phi) is 6.62. The molecule has 3 N–H and O–H groups in total. The maximum absolute atomic E-state index is 12.7. The Bertz CT molecular complexity index is 989. The third-order valence-corrected chi connectivity index (χ3v) is 5.65. The van der Waals surface area contributed by atoms with Crippen LogP contribution in [0.2, 0.25) is 0 Å². The second-order valence-corrected chi connectivity index (χ2v) is 7.58. The van der Waals surface area contributed by atoms with E-state index < -0.39 is 17.0 Å². The molecule has 1 amide bonds. The molecule has 2 aromatic heterocycles. The van der Waals surface area contributed by atoms with E-state index in [4.69, 9.17) is 10.5 Å². The molecule has 1 aliphatic rings. The molecule has 10 nitrogen and oxygen atoms in total. The Morgan fingerprint density at radius 1 is 1.24 bits per heavy atom. The van der Waals surface area contributed by atoms with Crippen LogP contribution in [0.3, 0.4) is 0 Å². The summed E-state index contributed by atoms with van der Waals surface area (Å²) in [5.41, 5.74) is 4.25. The topological polar surface area (TPSA) is 131 Å². The molecule has 29 heavy (non-hydrogen) atoms. The molecule has 1 saturated heterocycles. The number of H-pyrrole nitrogens is 1. The highest BCUT2D eigenvalue weighted by Gasteiger charge is 2.26. The smallest absolute Gasteiger partial charge is 0.330 e. The lowest BCUT2D eigenvalue weighted by Gasteiger charge is -2.34. The third kappa shape index (κ3) is 4.63. The number of ketones is 1. The maximum Gasteiger partial charge on any atom is 0.330 e. The van der Waals surface area contributed by atoms with Crippen molar-refractivity contribution in [3.05, 3.63) is 48.8 Å². The average Bonchev–Trinajstić information content (AvgIpc) is 3.22. The maximum atomic E-state index is 12.7. The van der Waals surface area contributed by atoms with Crippen molar-refractivity contribution in [2.24, 2.45) is 0 Å². The lowest BCUT2D eigenvalue weighted by Crippen LogP contribution is -2.50. The summed E-state index contributed by atoms with van der Waals surface area (Å²) >= 11 is 1.40. The molecule has 0 bridgehead atoms. The van der Waals surface area contributed by atoms with Crippen LogP contribution in [0.25, 0.3) is 0 Å². The van der Waals surface area contributed by atoms with Gasteiger partial charge in [0.2, 0.25) is 0 Å². The van der Waals surface area contributed by atoms with E-state index in [0.717, 1.165) is 4.57 Å². The molecule has 0 saturated carbocycles. The van der Waals surface area contributed by atoms with Gasteiger partial charge in [-0.1, -0.05) is 6.07 Å². The Morgan fingerprint density at radius 2 is 1.97 bits per heavy atom. The molecule has 3 heterocycles. The molecule has 0 aromatic carbocycles. The van der Waals surface area contributed by atoms with Gasteiger partial charge in [-0.05, 0) is 11.4 Å². The Hall–Kier alpha value is -2.76. The Balaban J connectivity index is 1.66. The van der Waals surface area contributed by atoms with E-state index in [0.29, 0.717) is 31.1 Å². The SMILES string of the molecule is COCCn1c(N)c(C(=O)CN2CCN(C(=O)c3cccs3)CC2)c(=O)[nH]c1=O. The highest BCUT2D eigenvalue weighted by molar-refractivity contribution is 7.12. The largest absolute Gasteiger partial charge is 0.384 e. The summed E-state index contributed by atoms with van der Waals surface area (Å²) in [6, 6.07) is 3.62.